The minimum atomic E-state index is -0.648. The van der Waals surface area contributed by atoms with Crippen LogP contribution in [0.25, 0.3) is 0 Å². The largest absolute Gasteiger partial charge is 0.324 e. The van der Waals surface area contributed by atoms with Crippen LogP contribution >= 0.6 is 24.0 Å². The van der Waals surface area contributed by atoms with E-state index in [1.54, 1.807) is 6.92 Å². The van der Waals surface area contributed by atoms with Gasteiger partial charge < -0.3 is 5.73 Å². The first-order valence-electron chi connectivity index (χ1n) is 3.42. The predicted octanol–water partition coefficient (Wildman–Crippen LogP) is 3.06. The van der Waals surface area contributed by atoms with Crippen LogP contribution in [0.2, 0.25) is 5.02 Å². The normalized spacial score (nSPS) is 12.1. The summed E-state index contributed by atoms with van der Waals surface area (Å²) in [4.78, 5) is 0. The van der Waals surface area contributed by atoms with Gasteiger partial charge >= 0.3 is 0 Å². The van der Waals surface area contributed by atoms with Gasteiger partial charge in [0.2, 0.25) is 0 Å². The Balaban J connectivity index is 0.00000144. The zero-order chi connectivity index (χ0) is 9.30. The van der Waals surface area contributed by atoms with Gasteiger partial charge in [-0.2, -0.15) is 0 Å². The minimum Gasteiger partial charge on any atom is -0.324 e. The summed E-state index contributed by atoms with van der Waals surface area (Å²) < 4.78 is 25.7. The second-order valence-corrected chi connectivity index (χ2v) is 2.98. The van der Waals surface area contributed by atoms with Crippen molar-refractivity contribution in [2.45, 2.75) is 13.0 Å². The molecule has 2 N–H and O–H groups in total. The molecule has 0 heterocycles. The van der Waals surface area contributed by atoms with Gasteiger partial charge in [-0.25, -0.2) is 8.78 Å². The highest BCUT2D eigenvalue weighted by Crippen LogP contribution is 2.22. The summed E-state index contributed by atoms with van der Waals surface area (Å²) in [5.74, 6) is -1.22. The third-order valence-electron chi connectivity index (χ3n) is 1.53. The second-order valence-electron chi connectivity index (χ2n) is 2.58. The molecule has 0 saturated carbocycles. The smallest absolute Gasteiger partial charge is 0.142 e. The molecule has 0 saturated heterocycles. The molecule has 0 aliphatic rings. The number of benzene rings is 1. The number of rotatable bonds is 1. The molecule has 1 atom stereocenters. The quantitative estimate of drug-likeness (QED) is 0.734. The molecule has 0 aliphatic carbocycles. The molecule has 0 radical (unpaired) electrons. The third kappa shape index (κ3) is 2.79. The van der Waals surface area contributed by atoms with Crippen molar-refractivity contribution < 1.29 is 8.78 Å². The molecular formula is C8H9Cl2F2N. The van der Waals surface area contributed by atoms with Crippen LogP contribution in [0.4, 0.5) is 8.78 Å². The van der Waals surface area contributed by atoms with Crippen molar-refractivity contribution in [1.29, 1.82) is 0 Å². The van der Waals surface area contributed by atoms with Gasteiger partial charge in [-0.3, -0.25) is 0 Å². The van der Waals surface area contributed by atoms with E-state index in [0.29, 0.717) is 0 Å². The van der Waals surface area contributed by atoms with Crippen LogP contribution < -0.4 is 5.73 Å². The minimum absolute atomic E-state index is 0. The zero-order valence-electron chi connectivity index (χ0n) is 6.85. The summed E-state index contributed by atoms with van der Waals surface area (Å²) in [6.07, 6.45) is 0. The Morgan fingerprint density at radius 2 is 1.85 bits per heavy atom. The van der Waals surface area contributed by atoms with Gasteiger partial charge in [0.1, 0.15) is 11.6 Å². The van der Waals surface area contributed by atoms with Crippen LogP contribution in [0.1, 0.15) is 18.5 Å². The molecular weight excluding hydrogens is 219 g/mol. The summed E-state index contributed by atoms with van der Waals surface area (Å²) in [6.45, 7) is 1.58. The molecule has 13 heavy (non-hydrogen) atoms. The fourth-order valence-electron chi connectivity index (χ4n) is 0.887. The molecule has 1 rings (SSSR count). The molecule has 74 valence electrons. The van der Waals surface area contributed by atoms with Crippen LogP contribution in [-0.2, 0) is 0 Å². The van der Waals surface area contributed by atoms with E-state index < -0.39 is 17.7 Å². The Morgan fingerprint density at radius 3 is 2.31 bits per heavy atom. The molecule has 0 fully saturated rings. The molecule has 5 heteroatoms. The number of nitrogens with two attached hydrogens (primary N) is 1. The summed E-state index contributed by atoms with van der Waals surface area (Å²) in [7, 11) is 0. The van der Waals surface area contributed by atoms with E-state index in [0.717, 1.165) is 12.1 Å². The Hall–Kier alpha value is -0.380. The highest BCUT2D eigenvalue weighted by atomic mass is 35.5. The Bertz CT molecular complexity index is 302. The summed E-state index contributed by atoms with van der Waals surface area (Å²) in [5, 5.41) is -0.225. The van der Waals surface area contributed by atoms with Gasteiger partial charge in [0.15, 0.2) is 0 Å². The van der Waals surface area contributed by atoms with E-state index in [1.165, 1.54) is 0 Å². The fraction of sp³-hybridized carbons (Fsp3) is 0.250. The van der Waals surface area contributed by atoms with Crippen LogP contribution in [0.3, 0.4) is 0 Å². The lowest BCUT2D eigenvalue weighted by atomic mass is 10.1. The number of hydrogen-bond donors (Lipinski definition) is 1. The molecule has 1 aromatic rings. The van der Waals surface area contributed by atoms with Crippen LogP contribution in [0.5, 0.6) is 0 Å². The molecule has 1 nitrogen and oxygen atoms in total. The van der Waals surface area contributed by atoms with Gasteiger partial charge in [0.25, 0.3) is 0 Å². The first kappa shape index (κ1) is 12.6. The molecule has 0 aliphatic heterocycles. The Morgan fingerprint density at radius 1 is 1.31 bits per heavy atom. The molecule has 0 aromatic heterocycles. The van der Waals surface area contributed by atoms with Gasteiger partial charge in [0.05, 0.1) is 5.02 Å². The van der Waals surface area contributed by atoms with Crippen LogP contribution in [-0.4, -0.2) is 0 Å². The lowest BCUT2D eigenvalue weighted by molar-refractivity contribution is 0.572. The SMILES string of the molecule is C[C@@H](N)c1cc(F)c(Cl)cc1F.Cl. The van der Waals surface area contributed by atoms with Crippen LogP contribution in [0.15, 0.2) is 12.1 Å². The third-order valence-corrected chi connectivity index (χ3v) is 1.82. The molecule has 0 amide bonds. The monoisotopic (exact) mass is 227 g/mol. The van der Waals surface area contributed by atoms with Crippen molar-refractivity contribution in [2.24, 2.45) is 5.73 Å². The van der Waals surface area contributed by atoms with Crippen LogP contribution in [0, 0.1) is 11.6 Å². The highest BCUT2D eigenvalue weighted by Gasteiger charge is 2.10. The molecule has 0 bridgehead atoms. The lowest BCUT2D eigenvalue weighted by Crippen LogP contribution is -2.07. The van der Waals surface area contributed by atoms with Gasteiger partial charge in [-0.1, -0.05) is 11.6 Å². The van der Waals surface area contributed by atoms with E-state index in [4.69, 9.17) is 17.3 Å². The van der Waals surface area contributed by atoms with E-state index in [2.05, 4.69) is 0 Å². The predicted molar refractivity (Wildman–Crippen MR) is 51.2 cm³/mol. The van der Waals surface area contributed by atoms with Crippen molar-refractivity contribution in [2.75, 3.05) is 0 Å². The van der Waals surface area contributed by atoms with Gasteiger partial charge in [-0.05, 0) is 19.1 Å². The zero-order valence-corrected chi connectivity index (χ0v) is 8.42. The van der Waals surface area contributed by atoms with E-state index >= 15 is 0 Å². The average Bonchev–Trinajstić information content (AvgIpc) is 1.96. The lowest BCUT2D eigenvalue weighted by Gasteiger charge is -2.07. The average molecular weight is 228 g/mol. The van der Waals surface area contributed by atoms with Gasteiger partial charge in [0, 0.05) is 11.6 Å². The van der Waals surface area contributed by atoms with Gasteiger partial charge in [-0.15, -0.1) is 12.4 Å². The Labute approximate surface area is 86.3 Å². The maximum absolute atomic E-state index is 13.0. The first-order chi connectivity index (χ1) is 5.52. The van der Waals surface area contributed by atoms with Crippen molar-refractivity contribution >= 4 is 24.0 Å². The summed E-state index contributed by atoms with van der Waals surface area (Å²) in [5.41, 5.74) is 5.52. The molecule has 0 unspecified atom stereocenters. The maximum Gasteiger partial charge on any atom is 0.142 e. The van der Waals surface area contributed by atoms with E-state index in [1.807, 2.05) is 0 Å². The molecule has 0 spiro atoms. The maximum atomic E-state index is 13.0. The molecule has 1 aromatic carbocycles. The Kier molecular flexibility index (Phi) is 4.61. The highest BCUT2D eigenvalue weighted by molar-refractivity contribution is 6.30. The second kappa shape index (κ2) is 4.74. The van der Waals surface area contributed by atoms with Crippen molar-refractivity contribution in [3.05, 3.63) is 34.4 Å². The summed E-state index contributed by atoms with van der Waals surface area (Å²) in [6, 6.07) is 1.41. The van der Waals surface area contributed by atoms with Crippen molar-refractivity contribution in [1.82, 2.24) is 0 Å². The fourth-order valence-corrected chi connectivity index (χ4v) is 1.04. The number of hydrogen-bond acceptors (Lipinski definition) is 1. The standard InChI is InChI=1S/C8H8ClF2N.ClH/c1-4(12)5-2-8(11)6(9)3-7(5)10;/h2-4H,12H2,1H3;1H/t4-;/m1./s1. The summed E-state index contributed by atoms with van der Waals surface area (Å²) >= 11 is 5.33. The van der Waals surface area contributed by atoms with Crippen molar-refractivity contribution in [3.63, 3.8) is 0 Å². The van der Waals surface area contributed by atoms with E-state index in [9.17, 15) is 8.78 Å². The van der Waals surface area contributed by atoms with Crippen molar-refractivity contribution in [3.8, 4) is 0 Å². The topological polar surface area (TPSA) is 26.0 Å². The first-order valence-corrected chi connectivity index (χ1v) is 3.80. The number of halogens is 4. The van der Waals surface area contributed by atoms with E-state index in [-0.39, 0.29) is 23.0 Å².